The zero-order chi connectivity index (χ0) is 34.0. The molecule has 2 aliphatic heterocycles. The van der Waals surface area contributed by atoms with Crippen LogP contribution in [0.15, 0.2) is 72.8 Å². The predicted octanol–water partition coefficient (Wildman–Crippen LogP) is 7.69. The summed E-state index contributed by atoms with van der Waals surface area (Å²) in [7, 11) is 3.25. The molecule has 48 heavy (non-hydrogen) atoms. The maximum absolute atomic E-state index is 13.5. The highest BCUT2D eigenvalue weighted by Gasteiger charge is 2.43. The van der Waals surface area contributed by atoms with E-state index < -0.39 is 0 Å². The van der Waals surface area contributed by atoms with Crippen LogP contribution in [-0.2, 0) is 23.1 Å². The number of aryl methyl sites for hydroxylation is 1. The Morgan fingerprint density at radius 3 is 2.19 bits per heavy atom. The summed E-state index contributed by atoms with van der Waals surface area (Å²) >= 11 is 0. The molecule has 3 amide bonds. The van der Waals surface area contributed by atoms with Gasteiger partial charge in [0.05, 0.1) is 32.0 Å². The van der Waals surface area contributed by atoms with Crippen molar-refractivity contribution in [3.8, 4) is 17.2 Å². The number of ether oxygens (including phenoxy) is 2. The van der Waals surface area contributed by atoms with E-state index in [1.54, 1.807) is 18.9 Å². The first-order valence-electron chi connectivity index (χ1n) is 16.9. The fourth-order valence-electron chi connectivity index (χ4n) is 7.17. The van der Waals surface area contributed by atoms with Gasteiger partial charge in [0.25, 0.3) is 0 Å². The van der Waals surface area contributed by atoms with Crippen LogP contribution < -0.4 is 20.1 Å². The van der Waals surface area contributed by atoms with Crippen molar-refractivity contribution in [2.45, 2.75) is 83.7 Å². The smallest absolute Gasteiger partial charge is 0.324 e. The topological polar surface area (TPSA) is 97.7 Å². The number of nitrogens with zero attached hydrogens (tertiary/aromatic N) is 3. The van der Waals surface area contributed by atoms with Gasteiger partial charge in [-0.3, -0.25) is 10.1 Å². The second-order valence-electron chi connectivity index (χ2n) is 14.3. The van der Waals surface area contributed by atoms with Crippen molar-refractivity contribution in [2.24, 2.45) is 5.92 Å². The van der Waals surface area contributed by atoms with Gasteiger partial charge < -0.3 is 19.7 Å². The molecule has 2 N–H and O–H groups in total. The highest BCUT2D eigenvalue weighted by molar-refractivity contribution is 5.99. The van der Waals surface area contributed by atoms with E-state index in [9.17, 15) is 9.59 Å². The lowest BCUT2D eigenvalue weighted by atomic mass is 9.85. The van der Waals surface area contributed by atoms with E-state index in [0.29, 0.717) is 29.7 Å². The molecule has 252 valence electrons. The Hall–Kier alpha value is -4.79. The Labute approximate surface area is 283 Å². The lowest BCUT2D eigenvalue weighted by molar-refractivity contribution is -0.135. The first-order chi connectivity index (χ1) is 23.0. The van der Waals surface area contributed by atoms with E-state index in [4.69, 9.17) is 14.6 Å². The summed E-state index contributed by atoms with van der Waals surface area (Å²) in [6, 6.07) is 24.0. The van der Waals surface area contributed by atoms with Gasteiger partial charge in [0, 0.05) is 40.9 Å². The zero-order valence-corrected chi connectivity index (χ0v) is 28.9. The number of nitrogens with one attached hydrogen (secondary N) is 2. The lowest BCUT2D eigenvalue weighted by Crippen LogP contribution is -2.47. The van der Waals surface area contributed by atoms with E-state index in [2.05, 4.69) is 48.4 Å². The Morgan fingerprint density at radius 1 is 0.875 bits per heavy atom. The van der Waals surface area contributed by atoms with Gasteiger partial charge in [0.1, 0.15) is 17.3 Å². The van der Waals surface area contributed by atoms with Crippen molar-refractivity contribution >= 4 is 23.4 Å². The molecule has 6 rings (SSSR count). The largest absolute Gasteiger partial charge is 0.497 e. The Morgan fingerprint density at radius 2 is 1.56 bits per heavy atom. The van der Waals surface area contributed by atoms with Crippen LogP contribution in [0, 0.1) is 12.8 Å². The summed E-state index contributed by atoms with van der Waals surface area (Å²) in [5, 5.41) is 10.8. The number of carbonyl (C=O) groups excluding carboxylic acids is 2. The Kier molecular flexibility index (Phi) is 9.49. The number of aromatic nitrogens is 2. The quantitative estimate of drug-likeness (QED) is 0.194. The molecule has 0 aliphatic carbocycles. The minimum atomic E-state index is -0.322. The van der Waals surface area contributed by atoms with Crippen LogP contribution in [0.4, 0.5) is 16.3 Å². The van der Waals surface area contributed by atoms with Crippen LogP contribution in [0.1, 0.15) is 68.8 Å². The van der Waals surface area contributed by atoms with Crippen molar-refractivity contribution < 1.29 is 19.1 Å². The summed E-state index contributed by atoms with van der Waals surface area (Å²) in [4.78, 5) is 28.8. The Bertz CT molecular complexity index is 1740. The molecule has 2 aliphatic rings. The first kappa shape index (κ1) is 33.1. The number of hydrogen-bond acceptors (Lipinski definition) is 5. The molecular formula is C39H47N5O4. The van der Waals surface area contributed by atoms with Crippen LogP contribution in [0.3, 0.4) is 0 Å². The molecule has 1 aromatic heterocycles. The van der Waals surface area contributed by atoms with Crippen molar-refractivity contribution in [3.63, 3.8) is 0 Å². The maximum atomic E-state index is 13.5. The molecule has 2 saturated heterocycles. The summed E-state index contributed by atoms with van der Waals surface area (Å²) in [5.41, 5.74) is 5.62. The third-order valence-electron chi connectivity index (χ3n) is 9.69. The van der Waals surface area contributed by atoms with Crippen LogP contribution in [0.25, 0.3) is 5.69 Å². The summed E-state index contributed by atoms with van der Waals surface area (Å²) in [6.07, 6.45) is 5.43. The number of fused-ring (bicyclic) bond motifs is 2. The van der Waals surface area contributed by atoms with Gasteiger partial charge in [-0.2, -0.15) is 5.10 Å². The summed E-state index contributed by atoms with van der Waals surface area (Å²) < 4.78 is 12.6. The lowest BCUT2D eigenvalue weighted by Gasteiger charge is -2.39. The number of hydrogen-bond donors (Lipinski definition) is 2. The number of anilines is 2. The SMILES string of the molecule is COc1ccc(CC(=O)N2C3CCC2CC(Cc2ccc(NC(=O)Nc4cc(C(C)(C)C)nn4-c4ccc(C)cc4)cc2)C3)c(OC)c1. The molecule has 4 aromatic rings. The average molecular weight is 650 g/mol. The van der Waals surface area contributed by atoms with E-state index in [1.807, 2.05) is 67.6 Å². The monoisotopic (exact) mass is 649 g/mol. The zero-order valence-electron chi connectivity index (χ0n) is 28.9. The maximum Gasteiger partial charge on any atom is 0.324 e. The molecule has 2 fully saturated rings. The molecule has 2 atom stereocenters. The van der Waals surface area contributed by atoms with Gasteiger partial charge in [0.2, 0.25) is 5.91 Å². The normalized spacial score (nSPS) is 18.8. The molecular weight excluding hydrogens is 602 g/mol. The number of amides is 3. The molecule has 0 saturated carbocycles. The van der Waals surface area contributed by atoms with E-state index >= 15 is 0 Å². The number of methoxy groups -OCH3 is 2. The van der Waals surface area contributed by atoms with E-state index in [-0.39, 0.29) is 29.4 Å². The minimum absolute atomic E-state index is 0.171. The number of rotatable bonds is 9. The van der Waals surface area contributed by atoms with Crippen LogP contribution >= 0.6 is 0 Å². The molecule has 2 bridgehead atoms. The fourth-order valence-corrected chi connectivity index (χ4v) is 7.17. The molecule has 0 radical (unpaired) electrons. The van der Waals surface area contributed by atoms with Crippen molar-refractivity contribution in [1.29, 1.82) is 0 Å². The third-order valence-corrected chi connectivity index (χ3v) is 9.69. The highest BCUT2D eigenvalue weighted by atomic mass is 16.5. The first-order valence-corrected chi connectivity index (χ1v) is 16.9. The second kappa shape index (κ2) is 13.7. The average Bonchev–Trinajstić information content (AvgIpc) is 3.60. The summed E-state index contributed by atoms with van der Waals surface area (Å²) in [5.74, 6) is 2.70. The minimum Gasteiger partial charge on any atom is -0.497 e. The van der Waals surface area contributed by atoms with Gasteiger partial charge >= 0.3 is 6.03 Å². The molecule has 9 nitrogen and oxygen atoms in total. The Balaban J connectivity index is 1.05. The third kappa shape index (κ3) is 7.35. The van der Waals surface area contributed by atoms with Crippen molar-refractivity contribution in [3.05, 3.63) is 95.2 Å². The van der Waals surface area contributed by atoms with Gasteiger partial charge in [-0.15, -0.1) is 0 Å². The summed E-state index contributed by atoms with van der Waals surface area (Å²) in [6.45, 7) is 8.37. The number of piperidine rings is 1. The van der Waals surface area contributed by atoms with Crippen molar-refractivity contribution in [1.82, 2.24) is 14.7 Å². The second-order valence-corrected chi connectivity index (χ2v) is 14.3. The number of urea groups is 1. The van der Waals surface area contributed by atoms with E-state index in [0.717, 1.165) is 60.3 Å². The van der Waals surface area contributed by atoms with Crippen LogP contribution in [-0.4, -0.2) is 52.9 Å². The molecule has 3 heterocycles. The number of carbonyl (C=O) groups is 2. The number of benzene rings is 3. The highest BCUT2D eigenvalue weighted by Crippen LogP contribution is 2.41. The van der Waals surface area contributed by atoms with Crippen LogP contribution in [0.5, 0.6) is 11.5 Å². The molecule has 3 aromatic carbocycles. The van der Waals surface area contributed by atoms with E-state index in [1.165, 1.54) is 5.56 Å². The van der Waals surface area contributed by atoms with Gasteiger partial charge in [-0.05, 0) is 80.8 Å². The van der Waals surface area contributed by atoms with Gasteiger partial charge in [-0.1, -0.05) is 56.7 Å². The fraction of sp³-hybridized carbons (Fsp3) is 0.410. The van der Waals surface area contributed by atoms with Crippen molar-refractivity contribution in [2.75, 3.05) is 24.9 Å². The standard InChI is InChI=1S/C39H47N5O4/c1-25-7-14-30(15-8-25)44-36(24-35(42-44)39(2,3)4)41-38(46)40-29-12-9-26(10-13-29)19-27-20-31-16-17-32(21-27)43(31)37(45)22-28-11-18-33(47-5)23-34(28)48-6/h7-15,18,23-24,27,31-32H,16-17,19-22H2,1-6H3,(H2,40,41,46). The van der Waals surface area contributed by atoms with Gasteiger partial charge in [-0.25, -0.2) is 9.48 Å². The molecule has 2 unspecified atom stereocenters. The molecule has 9 heteroatoms. The predicted molar refractivity (Wildman–Crippen MR) is 189 cm³/mol. The molecule has 0 spiro atoms. The van der Waals surface area contributed by atoms with Gasteiger partial charge in [0.15, 0.2) is 0 Å². The van der Waals surface area contributed by atoms with Crippen LogP contribution in [0.2, 0.25) is 0 Å².